The Morgan fingerprint density at radius 3 is 2.80 bits per heavy atom. The van der Waals surface area contributed by atoms with Crippen molar-refractivity contribution in [2.24, 2.45) is 0 Å². The summed E-state index contributed by atoms with van der Waals surface area (Å²) in [5, 5.41) is 4.61. The fraction of sp³-hybridized carbons (Fsp3) is 0.333. The molecule has 0 unspecified atom stereocenters. The van der Waals surface area contributed by atoms with Gasteiger partial charge in [0.1, 0.15) is 16.8 Å². The molecule has 130 valence electrons. The number of piperazine rings is 1. The van der Waals surface area contributed by atoms with E-state index in [0.29, 0.717) is 17.6 Å². The second kappa shape index (κ2) is 7.26. The van der Waals surface area contributed by atoms with Crippen LogP contribution in [-0.4, -0.2) is 54.2 Å². The topological polar surface area (TPSA) is 85.9 Å². The summed E-state index contributed by atoms with van der Waals surface area (Å²) in [6, 6.07) is 1.79. The van der Waals surface area contributed by atoms with E-state index in [9.17, 15) is 0 Å². The highest BCUT2D eigenvalue weighted by atomic mass is 127. The monoisotopic (exact) mass is 470 g/mol. The number of nitrogens with zero attached hydrogens (tertiary/aromatic N) is 6. The number of rotatable bonds is 4. The van der Waals surface area contributed by atoms with Crippen molar-refractivity contribution in [1.82, 2.24) is 28.0 Å². The molecule has 0 spiro atoms. The predicted octanol–water partition coefficient (Wildman–Crippen LogP) is 2.49. The first-order valence-electron chi connectivity index (χ1n) is 7.90. The van der Waals surface area contributed by atoms with Crippen molar-refractivity contribution in [2.45, 2.75) is 6.54 Å². The van der Waals surface area contributed by atoms with Gasteiger partial charge in [-0.25, -0.2) is 18.1 Å². The number of anilines is 2. The largest absolute Gasteiger partial charge is 0.362 e. The van der Waals surface area contributed by atoms with Gasteiger partial charge in [0.25, 0.3) is 0 Å². The molecule has 3 aromatic heterocycles. The van der Waals surface area contributed by atoms with Gasteiger partial charge in [0.2, 0.25) is 5.95 Å². The Labute approximate surface area is 163 Å². The van der Waals surface area contributed by atoms with E-state index >= 15 is 0 Å². The van der Waals surface area contributed by atoms with E-state index in [1.165, 1.54) is 0 Å². The molecule has 0 saturated carbocycles. The lowest BCUT2D eigenvalue weighted by molar-refractivity contribution is 0.456. The molecule has 10 heteroatoms. The van der Waals surface area contributed by atoms with Crippen molar-refractivity contribution in [3.05, 3.63) is 35.6 Å². The molecule has 1 fully saturated rings. The molecule has 0 amide bonds. The van der Waals surface area contributed by atoms with Gasteiger partial charge in [-0.3, -0.25) is 0 Å². The molecule has 4 rings (SSSR count). The molecular weight excluding hydrogens is 455 g/mol. The van der Waals surface area contributed by atoms with Gasteiger partial charge < -0.3 is 15.2 Å². The van der Waals surface area contributed by atoms with Crippen LogP contribution in [0.25, 0.3) is 10.9 Å². The van der Waals surface area contributed by atoms with Crippen LogP contribution in [-0.2, 0) is 6.54 Å². The van der Waals surface area contributed by atoms with E-state index < -0.39 is 0 Å². The molecule has 0 aliphatic carbocycles. The summed E-state index contributed by atoms with van der Waals surface area (Å²) in [6.07, 6.45) is 5.21. The molecule has 4 heterocycles. The number of fused-ring (bicyclic) bond motifs is 1. The summed E-state index contributed by atoms with van der Waals surface area (Å²) >= 11 is 8.41. The maximum absolute atomic E-state index is 6.07. The number of hydrogen-bond acceptors (Lipinski definition) is 7. The highest BCUT2D eigenvalue weighted by Gasteiger charge is 2.19. The first kappa shape index (κ1) is 16.7. The summed E-state index contributed by atoms with van der Waals surface area (Å²) in [5.74, 6) is 2.28. The Balaban J connectivity index is 1.68. The lowest BCUT2D eigenvalue weighted by atomic mass is 10.3. The van der Waals surface area contributed by atoms with E-state index in [2.05, 4.69) is 56.1 Å². The highest BCUT2D eigenvalue weighted by Crippen LogP contribution is 2.26. The quantitative estimate of drug-likeness (QED) is 0.344. The van der Waals surface area contributed by atoms with Crippen LogP contribution in [0.4, 0.5) is 11.8 Å². The third kappa shape index (κ3) is 3.77. The van der Waals surface area contributed by atoms with E-state index in [4.69, 9.17) is 16.6 Å². The van der Waals surface area contributed by atoms with Gasteiger partial charge in [-0.15, -0.1) is 0 Å². The smallest absolute Gasteiger partial charge is 0.228 e. The molecule has 0 radical (unpaired) electrons. The molecule has 0 atom stereocenters. The molecule has 1 aliphatic heterocycles. The van der Waals surface area contributed by atoms with Crippen LogP contribution >= 0.6 is 34.5 Å². The number of H-pyrrole nitrogens is 1. The SMILES string of the molecule is Clc1cc2c(NCc3ncc[nH]3)nc(N3CCN(I)CC3)nc2cn1. The Kier molecular flexibility index (Phi) is 4.86. The van der Waals surface area contributed by atoms with E-state index in [1.807, 2.05) is 0 Å². The summed E-state index contributed by atoms with van der Waals surface area (Å²) < 4.78 is 2.27. The van der Waals surface area contributed by atoms with Crippen LogP contribution in [0.1, 0.15) is 5.82 Å². The Hall–Kier alpha value is -1.72. The lowest BCUT2D eigenvalue weighted by Gasteiger charge is -2.31. The maximum Gasteiger partial charge on any atom is 0.228 e. The second-order valence-corrected chi connectivity index (χ2v) is 7.43. The van der Waals surface area contributed by atoms with Crippen LogP contribution < -0.4 is 10.2 Å². The van der Waals surface area contributed by atoms with Gasteiger partial charge in [0.05, 0.1) is 18.3 Å². The average Bonchev–Trinajstić information content (AvgIpc) is 3.14. The third-order valence-electron chi connectivity index (χ3n) is 4.02. The minimum atomic E-state index is 0.420. The number of hydrogen-bond donors (Lipinski definition) is 2. The molecule has 8 nitrogen and oxygen atoms in total. The summed E-state index contributed by atoms with van der Waals surface area (Å²) in [6.45, 7) is 4.30. The van der Waals surface area contributed by atoms with Crippen molar-refractivity contribution in [1.29, 1.82) is 0 Å². The fourth-order valence-corrected chi connectivity index (χ4v) is 3.30. The minimum Gasteiger partial charge on any atom is -0.362 e. The standard InChI is InChI=1S/C15H16ClIN8/c16-12-7-10-11(8-20-12)22-15(24-3-5-25(17)6-4-24)23-14(10)21-9-13-18-1-2-19-13/h1-2,7-8H,3-6,9H2,(H,18,19)(H,21,22,23). The lowest BCUT2D eigenvalue weighted by Crippen LogP contribution is -2.43. The average molecular weight is 471 g/mol. The molecule has 0 aromatic carbocycles. The van der Waals surface area contributed by atoms with Gasteiger partial charge in [0, 0.05) is 66.8 Å². The number of aromatic amines is 1. The number of nitrogens with one attached hydrogen (secondary N) is 2. The summed E-state index contributed by atoms with van der Waals surface area (Å²) in [7, 11) is 0. The van der Waals surface area contributed by atoms with Crippen molar-refractivity contribution < 1.29 is 0 Å². The zero-order chi connectivity index (χ0) is 17.2. The van der Waals surface area contributed by atoms with Crippen molar-refractivity contribution in [3.8, 4) is 0 Å². The Bertz CT molecular complexity index is 863. The molecule has 0 bridgehead atoms. The van der Waals surface area contributed by atoms with Crippen molar-refractivity contribution in [2.75, 3.05) is 36.4 Å². The van der Waals surface area contributed by atoms with Gasteiger partial charge in [-0.2, -0.15) is 4.98 Å². The van der Waals surface area contributed by atoms with Crippen LogP contribution in [0.2, 0.25) is 5.15 Å². The molecule has 2 N–H and O–H groups in total. The van der Waals surface area contributed by atoms with E-state index in [-0.39, 0.29) is 0 Å². The third-order valence-corrected chi connectivity index (χ3v) is 5.19. The van der Waals surface area contributed by atoms with Crippen LogP contribution in [0.5, 0.6) is 0 Å². The molecule has 3 aromatic rings. The number of halogens is 2. The number of aromatic nitrogens is 5. The van der Waals surface area contributed by atoms with Crippen LogP contribution in [0.3, 0.4) is 0 Å². The highest BCUT2D eigenvalue weighted by molar-refractivity contribution is 14.1. The molecular formula is C15H16ClIN8. The number of pyridine rings is 1. The Morgan fingerprint density at radius 1 is 1.20 bits per heavy atom. The molecule has 1 aliphatic rings. The zero-order valence-corrected chi connectivity index (χ0v) is 16.2. The van der Waals surface area contributed by atoms with E-state index in [1.54, 1.807) is 24.7 Å². The summed E-state index contributed by atoms with van der Waals surface area (Å²) in [5.41, 5.74) is 0.772. The zero-order valence-electron chi connectivity index (χ0n) is 13.3. The first-order valence-corrected chi connectivity index (χ1v) is 9.24. The van der Waals surface area contributed by atoms with Crippen LogP contribution in [0.15, 0.2) is 24.7 Å². The first-order chi connectivity index (χ1) is 12.2. The van der Waals surface area contributed by atoms with E-state index in [0.717, 1.165) is 48.7 Å². The predicted molar refractivity (Wildman–Crippen MR) is 106 cm³/mol. The fourth-order valence-electron chi connectivity index (χ4n) is 2.71. The Morgan fingerprint density at radius 2 is 2.04 bits per heavy atom. The van der Waals surface area contributed by atoms with Crippen molar-refractivity contribution in [3.63, 3.8) is 0 Å². The van der Waals surface area contributed by atoms with Gasteiger partial charge in [-0.1, -0.05) is 11.6 Å². The van der Waals surface area contributed by atoms with Crippen LogP contribution in [0, 0.1) is 0 Å². The van der Waals surface area contributed by atoms with Gasteiger partial charge in [-0.05, 0) is 6.07 Å². The van der Waals surface area contributed by atoms with Gasteiger partial charge in [0.15, 0.2) is 0 Å². The molecule has 25 heavy (non-hydrogen) atoms. The van der Waals surface area contributed by atoms with Gasteiger partial charge >= 0.3 is 0 Å². The maximum atomic E-state index is 6.07. The normalized spacial score (nSPS) is 15.7. The minimum absolute atomic E-state index is 0.420. The molecule has 1 saturated heterocycles. The second-order valence-electron chi connectivity index (χ2n) is 5.68. The number of imidazole rings is 1. The summed E-state index contributed by atoms with van der Waals surface area (Å²) in [4.78, 5) is 23.1. The van der Waals surface area contributed by atoms with Crippen molar-refractivity contribution >= 4 is 57.1 Å².